The van der Waals surface area contributed by atoms with E-state index in [4.69, 9.17) is 9.47 Å². The lowest BCUT2D eigenvalue weighted by Crippen LogP contribution is -2.46. The molecule has 18 heavy (non-hydrogen) atoms. The highest BCUT2D eigenvalue weighted by molar-refractivity contribution is 5.42. The number of methoxy groups -OCH3 is 2. The first kappa shape index (κ1) is 14.8. The number of hydrogen-bond acceptors (Lipinski definition) is 4. The average Bonchev–Trinajstić information content (AvgIpc) is 2.36. The van der Waals surface area contributed by atoms with Gasteiger partial charge in [0.05, 0.1) is 14.2 Å². The lowest BCUT2D eigenvalue weighted by Gasteiger charge is -2.26. The van der Waals surface area contributed by atoms with Gasteiger partial charge in [0.2, 0.25) is 0 Å². The van der Waals surface area contributed by atoms with Gasteiger partial charge in [0.25, 0.3) is 0 Å². The number of likely N-dealkylation sites (N-methyl/N-ethyl adjacent to an activating group) is 1. The summed E-state index contributed by atoms with van der Waals surface area (Å²) in [7, 11) is 5.26. The van der Waals surface area contributed by atoms with Crippen molar-refractivity contribution in [3.05, 3.63) is 23.8 Å². The van der Waals surface area contributed by atoms with Gasteiger partial charge in [0.1, 0.15) is 0 Å². The Morgan fingerprint density at radius 2 is 1.78 bits per heavy atom. The van der Waals surface area contributed by atoms with Crippen molar-refractivity contribution in [2.45, 2.75) is 25.9 Å². The molecule has 0 bridgehead atoms. The van der Waals surface area contributed by atoms with Gasteiger partial charge in [0.15, 0.2) is 11.5 Å². The summed E-state index contributed by atoms with van der Waals surface area (Å²) in [5, 5.41) is 6.68. The normalized spacial score (nSPS) is 11.4. The molecule has 0 aliphatic heterocycles. The van der Waals surface area contributed by atoms with Gasteiger partial charge in [-0.2, -0.15) is 0 Å². The molecule has 0 radical (unpaired) electrons. The maximum absolute atomic E-state index is 5.29. The Morgan fingerprint density at radius 1 is 1.11 bits per heavy atom. The van der Waals surface area contributed by atoms with E-state index < -0.39 is 0 Å². The highest BCUT2D eigenvalue weighted by atomic mass is 16.5. The van der Waals surface area contributed by atoms with Crippen LogP contribution in [-0.2, 0) is 6.54 Å². The molecule has 0 saturated heterocycles. The quantitative estimate of drug-likeness (QED) is 0.776. The van der Waals surface area contributed by atoms with Crippen molar-refractivity contribution in [3.8, 4) is 11.5 Å². The molecule has 0 saturated carbocycles. The number of nitrogens with one attached hydrogen (secondary N) is 2. The summed E-state index contributed by atoms with van der Waals surface area (Å²) < 4.78 is 10.5. The third kappa shape index (κ3) is 4.20. The summed E-state index contributed by atoms with van der Waals surface area (Å²) in [6.07, 6.45) is 0. The summed E-state index contributed by atoms with van der Waals surface area (Å²) in [5.74, 6) is 1.53. The lowest BCUT2D eigenvalue weighted by atomic mass is 10.1. The Morgan fingerprint density at radius 3 is 2.33 bits per heavy atom. The lowest BCUT2D eigenvalue weighted by molar-refractivity contribution is 0.352. The van der Waals surface area contributed by atoms with Crippen LogP contribution in [0, 0.1) is 0 Å². The highest BCUT2D eigenvalue weighted by Gasteiger charge is 2.15. The molecule has 2 N–H and O–H groups in total. The van der Waals surface area contributed by atoms with Crippen LogP contribution >= 0.6 is 0 Å². The molecular formula is C14H24N2O2. The Kier molecular flexibility index (Phi) is 5.44. The van der Waals surface area contributed by atoms with Gasteiger partial charge in [0, 0.05) is 18.6 Å². The third-order valence-corrected chi connectivity index (χ3v) is 2.84. The fourth-order valence-corrected chi connectivity index (χ4v) is 1.84. The minimum Gasteiger partial charge on any atom is -0.493 e. The van der Waals surface area contributed by atoms with Gasteiger partial charge in [-0.05, 0) is 38.6 Å². The van der Waals surface area contributed by atoms with Crippen LogP contribution in [0.2, 0.25) is 0 Å². The van der Waals surface area contributed by atoms with E-state index >= 15 is 0 Å². The zero-order chi connectivity index (χ0) is 13.6. The van der Waals surface area contributed by atoms with Gasteiger partial charge in [-0.15, -0.1) is 0 Å². The van der Waals surface area contributed by atoms with E-state index in [9.17, 15) is 0 Å². The number of hydrogen-bond donors (Lipinski definition) is 2. The Balaban J connectivity index is 2.68. The van der Waals surface area contributed by atoms with E-state index in [1.54, 1.807) is 14.2 Å². The number of ether oxygens (including phenoxy) is 2. The molecule has 0 heterocycles. The molecule has 0 atom stereocenters. The van der Waals surface area contributed by atoms with Gasteiger partial charge < -0.3 is 20.1 Å². The molecule has 102 valence electrons. The van der Waals surface area contributed by atoms with E-state index in [2.05, 4.69) is 24.5 Å². The summed E-state index contributed by atoms with van der Waals surface area (Å²) in [6.45, 7) is 6.06. The van der Waals surface area contributed by atoms with Crippen molar-refractivity contribution in [1.29, 1.82) is 0 Å². The molecule has 0 aliphatic rings. The maximum atomic E-state index is 5.29. The molecule has 1 rings (SSSR count). The fraction of sp³-hybridized carbons (Fsp3) is 0.571. The standard InChI is InChI=1S/C14H24N2O2/c1-14(2,10-15-3)16-9-11-6-7-12(17-4)13(8-11)18-5/h6-8,15-16H,9-10H2,1-5H3. The molecule has 4 heteroatoms. The first-order valence-corrected chi connectivity index (χ1v) is 6.13. The highest BCUT2D eigenvalue weighted by Crippen LogP contribution is 2.27. The van der Waals surface area contributed by atoms with E-state index in [0.717, 1.165) is 24.6 Å². The summed E-state index contributed by atoms with van der Waals surface area (Å²) >= 11 is 0. The van der Waals surface area contributed by atoms with Gasteiger partial charge in [-0.25, -0.2) is 0 Å². The van der Waals surface area contributed by atoms with Crippen LogP contribution in [0.4, 0.5) is 0 Å². The summed E-state index contributed by atoms with van der Waals surface area (Å²) in [5.41, 5.74) is 1.24. The van der Waals surface area contributed by atoms with Crippen molar-refractivity contribution < 1.29 is 9.47 Å². The molecule has 0 spiro atoms. The van der Waals surface area contributed by atoms with Gasteiger partial charge in [-0.3, -0.25) is 0 Å². The Labute approximate surface area is 110 Å². The van der Waals surface area contributed by atoms with E-state index in [1.165, 1.54) is 5.56 Å². The number of rotatable bonds is 7. The van der Waals surface area contributed by atoms with Crippen LogP contribution < -0.4 is 20.1 Å². The zero-order valence-corrected chi connectivity index (χ0v) is 12.0. The SMILES string of the molecule is CNCC(C)(C)NCc1ccc(OC)c(OC)c1. The molecule has 0 aromatic heterocycles. The predicted molar refractivity (Wildman–Crippen MR) is 74.4 cm³/mol. The molecule has 0 amide bonds. The van der Waals surface area contributed by atoms with Crippen molar-refractivity contribution in [2.75, 3.05) is 27.8 Å². The van der Waals surface area contributed by atoms with Crippen LogP contribution in [0.5, 0.6) is 11.5 Å². The van der Waals surface area contributed by atoms with Crippen molar-refractivity contribution >= 4 is 0 Å². The molecule has 0 fully saturated rings. The molecule has 0 unspecified atom stereocenters. The smallest absolute Gasteiger partial charge is 0.161 e. The fourth-order valence-electron chi connectivity index (χ4n) is 1.84. The molecule has 1 aromatic carbocycles. The van der Waals surface area contributed by atoms with Crippen LogP contribution in [-0.4, -0.2) is 33.4 Å². The van der Waals surface area contributed by atoms with Crippen LogP contribution in [0.1, 0.15) is 19.4 Å². The Hall–Kier alpha value is -1.26. The van der Waals surface area contributed by atoms with Crippen molar-refractivity contribution in [1.82, 2.24) is 10.6 Å². The van der Waals surface area contributed by atoms with E-state index in [1.807, 2.05) is 25.2 Å². The molecule has 0 aliphatic carbocycles. The minimum atomic E-state index is 0.0575. The first-order valence-electron chi connectivity index (χ1n) is 6.13. The molecular weight excluding hydrogens is 228 g/mol. The average molecular weight is 252 g/mol. The van der Waals surface area contributed by atoms with Crippen molar-refractivity contribution in [3.63, 3.8) is 0 Å². The number of benzene rings is 1. The van der Waals surface area contributed by atoms with Crippen molar-refractivity contribution in [2.24, 2.45) is 0 Å². The second-order valence-corrected chi connectivity index (χ2v) is 4.96. The monoisotopic (exact) mass is 252 g/mol. The van der Waals surface area contributed by atoms with Gasteiger partial charge >= 0.3 is 0 Å². The molecule has 4 nitrogen and oxygen atoms in total. The molecule has 1 aromatic rings. The van der Waals surface area contributed by atoms with Gasteiger partial charge in [-0.1, -0.05) is 6.07 Å². The van der Waals surface area contributed by atoms with Crippen LogP contribution in [0.15, 0.2) is 18.2 Å². The first-order chi connectivity index (χ1) is 8.52. The van der Waals surface area contributed by atoms with E-state index in [0.29, 0.717) is 0 Å². The largest absolute Gasteiger partial charge is 0.493 e. The second-order valence-electron chi connectivity index (χ2n) is 4.96. The minimum absolute atomic E-state index is 0.0575. The topological polar surface area (TPSA) is 42.5 Å². The third-order valence-electron chi connectivity index (χ3n) is 2.84. The maximum Gasteiger partial charge on any atom is 0.161 e. The van der Waals surface area contributed by atoms with Crippen LogP contribution in [0.25, 0.3) is 0 Å². The second kappa shape index (κ2) is 6.61. The summed E-state index contributed by atoms with van der Waals surface area (Å²) in [6, 6.07) is 5.98. The zero-order valence-electron chi connectivity index (χ0n) is 12.0. The van der Waals surface area contributed by atoms with E-state index in [-0.39, 0.29) is 5.54 Å². The van der Waals surface area contributed by atoms with Crippen LogP contribution in [0.3, 0.4) is 0 Å². The Bertz CT molecular complexity index is 378. The predicted octanol–water partition coefficient (Wildman–Crippen LogP) is 1.79. The summed E-state index contributed by atoms with van der Waals surface area (Å²) in [4.78, 5) is 0.